The molecule has 0 radical (unpaired) electrons. The lowest BCUT2D eigenvalue weighted by Crippen LogP contribution is -2.49. The predicted molar refractivity (Wildman–Crippen MR) is 209 cm³/mol. The van der Waals surface area contributed by atoms with Gasteiger partial charge in [0.25, 0.3) is 5.56 Å². The molecule has 0 unspecified atom stereocenters. The van der Waals surface area contributed by atoms with E-state index in [1.165, 1.54) is 6.92 Å². The number of carbonyl (C=O) groups excluding carboxylic acids is 3. The summed E-state index contributed by atoms with van der Waals surface area (Å²) in [4.78, 5) is 73.0. The summed E-state index contributed by atoms with van der Waals surface area (Å²) in [6.07, 6.45) is 10.0. The summed E-state index contributed by atoms with van der Waals surface area (Å²) in [5.41, 5.74) is 4.17. The third-order valence-corrected chi connectivity index (χ3v) is 11.7. The van der Waals surface area contributed by atoms with E-state index in [4.69, 9.17) is 4.98 Å². The zero-order valence-corrected chi connectivity index (χ0v) is 31.1. The minimum absolute atomic E-state index is 0.0226. The zero-order chi connectivity index (χ0) is 37.3. The van der Waals surface area contributed by atoms with Gasteiger partial charge in [0.2, 0.25) is 11.9 Å². The lowest BCUT2D eigenvalue weighted by Gasteiger charge is -2.40. The van der Waals surface area contributed by atoms with Crippen molar-refractivity contribution in [2.24, 2.45) is 5.92 Å². The van der Waals surface area contributed by atoms with Crippen molar-refractivity contribution < 1.29 is 14.4 Å². The van der Waals surface area contributed by atoms with Crippen molar-refractivity contribution in [3.05, 3.63) is 70.3 Å². The van der Waals surface area contributed by atoms with E-state index in [2.05, 4.69) is 53.5 Å². The molecule has 14 heteroatoms. The minimum Gasteiger partial charge on any atom is -0.371 e. The monoisotopic (exact) mass is 732 g/mol. The number of fused-ring (bicyclic) bond motifs is 1. The molecule has 1 aliphatic carbocycles. The molecule has 14 nitrogen and oxygen atoms in total. The Kier molecular flexibility index (Phi) is 10.0. The Labute approximate surface area is 314 Å². The molecular weight excluding hydrogens is 685 g/mol. The number of piperidine rings is 1. The smallest absolute Gasteiger partial charge is 0.328 e. The van der Waals surface area contributed by atoms with Crippen LogP contribution in [0.25, 0.3) is 11.0 Å². The van der Waals surface area contributed by atoms with Gasteiger partial charge in [0.15, 0.2) is 5.78 Å². The fourth-order valence-electron chi connectivity index (χ4n) is 8.67. The van der Waals surface area contributed by atoms with Crippen LogP contribution >= 0.6 is 0 Å². The summed E-state index contributed by atoms with van der Waals surface area (Å²) >= 11 is 0. The number of Topliss-reactive ketones (excluding diaryl/α,β-unsaturated/α-hetero) is 1. The fourth-order valence-corrected chi connectivity index (χ4v) is 8.67. The maximum atomic E-state index is 13.6. The lowest BCUT2D eigenvalue weighted by molar-refractivity contribution is -0.120. The van der Waals surface area contributed by atoms with Gasteiger partial charge in [-0.2, -0.15) is 4.98 Å². The molecule has 0 spiro atoms. The highest BCUT2D eigenvalue weighted by Crippen LogP contribution is 2.33. The number of amides is 3. The highest BCUT2D eigenvalue weighted by molar-refractivity contribution is 6.05. The van der Waals surface area contributed by atoms with Crippen LogP contribution in [0.1, 0.15) is 73.8 Å². The SMILES string of the molecule is CC(=O)c1c(C)c2cnc(Nc3ccc(N4CCN(CC5CCN(c6cccc(N7CCC(=O)NC7=O)c6)CC5)CC4)cn3)nc2n(C2CCCC2)c1=O. The first kappa shape index (κ1) is 35.6. The Morgan fingerprint density at radius 2 is 1.59 bits per heavy atom. The average molecular weight is 733 g/mol. The molecule has 282 valence electrons. The zero-order valence-electron chi connectivity index (χ0n) is 31.1. The van der Waals surface area contributed by atoms with Gasteiger partial charge >= 0.3 is 6.03 Å². The van der Waals surface area contributed by atoms with E-state index in [0.717, 1.165) is 107 Å². The number of hydrogen-bond donors (Lipinski definition) is 2. The Balaban J connectivity index is 0.843. The minimum atomic E-state index is -0.352. The first-order chi connectivity index (χ1) is 26.2. The van der Waals surface area contributed by atoms with Gasteiger partial charge in [-0.1, -0.05) is 18.9 Å². The van der Waals surface area contributed by atoms with Gasteiger partial charge in [-0.15, -0.1) is 0 Å². The Bertz CT molecular complexity index is 2110. The Morgan fingerprint density at radius 1 is 0.852 bits per heavy atom. The standard InChI is InChI=1S/C40H48N10O4/c1-26-33-24-42-39(45-37(33)50(29-6-3-4-7-29)38(53)36(26)27(2)51)43-34-11-10-32(23-41-34)48-20-18-46(19-21-48)25-28-12-15-47(16-13-28)30-8-5-9-31(22-30)49-17-14-35(52)44-40(49)54/h5,8-11,22-24,28-29H,3-4,6-7,12-21,25H2,1-2H3,(H,44,52,54)(H,41,42,43,45). The number of piperazine rings is 1. The molecule has 1 saturated carbocycles. The van der Waals surface area contributed by atoms with Crippen LogP contribution in [0.2, 0.25) is 0 Å². The van der Waals surface area contributed by atoms with Gasteiger partial charge in [-0.25, -0.2) is 14.8 Å². The quantitative estimate of drug-likeness (QED) is 0.223. The third-order valence-electron chi connectivity index (χ3n) is 11.7. The van der Waals surface area contributed by atoms with Gasteiger partial charge in [0, 0.05) is 87.8 Å². The summed E-state index contributed by atoms with van der Waals surface area (Å²) in [6.45, 7) is 10.6. The molecule has 3 aliphatic heterocycles. The largest absolute Gasteiger partial charge is 0.371 e. The number of pyridine rings is 2. The van der Waals surface area contributed by atoms with Gasteiger partial charge < -0.3 is 15.1 Å². The Morgan fingerprint density at radius 3 is 2.30 bits per heavy atom. The number of imide groups is 1. The fraction of sp³-hybridized carbons (Fsp3) is 0.475. The number of benzene rings is 1. The molecule has 1 aromatic carbocycles. The molecule has 4 aromatic rings. The summed E-state index contributed by atoms with van der Waals surface area (Å²) < 4.78 is 1.73. The van der Waals surface area contributed by atoms with Crippen molar-refractivity contribution in [2.45, 2.75) is 64.8 Å². The number of nitrogens with zero attached hydrogens (tertiary/aromatic N) is 8. The van der Waals surface area contributed by atoms with E-state index in [1.807, 2.05) is 24.4 Å². The molecule has 3 amide bonds. The van der Waals surface area contributed by atoms with Crippen molar-refractivity contribution in [1.82, 2.24) is 29.7 Å². The molecule has 3 saturated heterocycles. The summed E-state index contributed by atoms with van der Waals surface area (Å²) in [5, 5.41) is 6.37. The van der Waals surface area contributed by atoms with Gasteiger partial charge in [0.1, 0.15) is 11.5 Å². The highest BCUT2D eigenvalue weighted by Gasteiger charge is 2.28. The number of rotatable bonds is 9. The lowest BCUT2D eigenvalue weighted by atomic mass is 9.95. The second-order valence-electron chi connectivity index (χ2n) is 15.1. The van der Waals surface area contributed by atoms with Gasteiger partial charge in [-0.05, 0) is 81.3 Å². The maximum Gasteiger partial charge on any atom is 0.328 e. The number of urea groups is 1. The van der Waals surface area contributed by atoms with E-state index in [0.29, 0.717) is 41.9 Å². The second-order valence-corrected chi connectivity index (χ2v) is 15.1. The molecule has 2 N–H and O–H groups in total. The van der Waals surface area contributed by atoms with Crippen LogP contribution in [-0.4, -0.2) is 94.5 Å². The number of anilines is 5. The first-order valence-electron chi connectivity index (χ1n) is 19.3. The van der Waals surface area contributed by atoms with Crippen LogP contribution in [0.4, 0.5) is 33.6 Å². The van der Waals surface area contributed by atoms with Crippen molar-refractivity contribution in [1.29, 1.82) is 0 Å². The van der Waals surface area contributed by atoms with Crippen LogP contribution in [0.5, 0.6) is 0 Å². The first-order valence-corrected chi connectivity index (χ1v) is 19.3. The number of aryl methyl sites for hydroxylation is 1. The maximum absolute atomic E-state index is 13.6. The third kappa shape index (κ3) is 7.26. The molecule has 54 heavy (non-hydrogen) atoms. The van der Waals surface area contributed by atoms with Crippen molar-refractivity contribution in [2.75, 3.05) is 72.4 Å². The van der Waals surface area contributed by atoms with Crippen LogP contribution in [0, 0.1) is 12.8 Å². The number of ketones is 1. The number of nitrogens with one attached hydrogen (secondary N) is 2. The van der Waals surface area contributed by atoms with Crippen LogP contribution in [0.3, 0.4) is 0 Å². The van der Waals surface area contributed by atoms with Crippen LogP contribution in [0.15, 0.2) is 53.6 Å². The Hall–Kier alpha value is -5.37. The molecular formula is C40H48N10O4. The van der Waals surface area contributed by atoms with Crippen molar-refractivity contribution in [3.63, 3.8) is 0 Å². The molecule has 4 aliphatic rings. The van der Waals surface area contributed by atoms with E-state index in [1.54, 1.807) is 22.6 Å². The van der Waals surface area contributed by atoms with E-state index >= 15 is 0 Å². The van der Waals surface area contributed by atoms with Crippen LogP contribution < -0.4 is 30.9 Å². The number of hydrogen-bond acceptors (Lipinski definition) is 11. The molecule has 0 atom stereocenters. The highest BCUT2D eigenvalue weighted by atomic mass is 16.2. The number of carbonyl (C=O) groups is 3. The predicted octanol–water partition coefficient (Wildman–Crippen LogP) is 5.04. The second kappa shape index (κ2) is 15.2. The molecule has 3 aromatic heterocycles. The normalized spacial score (nSPS) is 19.1. The number of aromatic nitrogens is 4. The summed E-state index contributed by atoms with van der Waals surface area (Å²) in [7, 11) is 0. The topological polar surface area (TPSA) is 149 Å². The average Bonchev–Trinajstić information content (AvgIpc) is 3.70. The van der Waals surface area contributed by atoms with Crippen molar-refractivity contribution in [3.8, 4) is 0 Å². The van der Waals surface area contributed by atoms with Crippen LogP contribution in [-0.2, 0) is 4.79 Å². The molecule has 6 heterocycles. The van der Waals surface area contributed by atoms with E-state index in [-0.39, 0.29) is 34.9 Å². The molecule has 4 fully saturated rings. The molecule has 8 rings (SSSR count). The van der Waals surface area contributed by atoms with E-state index in [9.17, 15) is 19.2 Å². The molecule has 0 bridgehead atoms. The van der Waals surface area contributed by atoms with Gasteiger partial charge in [0.05, 0.1) is 17.4 Å². The van der Waals surface area contributed by atoms with Crippen molar-refractivity contribution >= 4 is 57.6 Å². The van der Waals surface area contributed by atoms with E-state index < -0.39 is 0 Å². The van der Waals surface area contributed by atoms with Gasteiger partial charge in [-0.3, -0.25) is 34.1 Å². The summed E-state index contributed by atoms with van der Waals surface area (Å²) in [6, 6.07) is 11.8. The summed E-state index contributed by atoms with van der Waals surface area (Å²) in [5.74, 6) is 1.17.